The molecule has 0 N–H and O–H groups in total. The maximum atomic E-state index is 15.3. The zero-order valence-corrected chi connectivity index (χ0v) is 18.3. The second-order valence-corrected chi connectivity index (χ2v) is 9.85. The molecule has 2 aromatic rings. The second kappa shape index (κ2) is 8.69. The van der Waals surface area contributed by atoms with Gasteiger partial charge in [-0.1, -0.05) is 0 Å². The molecule has 4 nitrogen and oxygen atoms in total. The predicted octanol–water partition coefficient (Wildman–Crippen LogP) is 6.13. The first-order chi connectivity index (χ1) is 15.1. The van der Waals surface area contributed by atoms with E-state index in [1.807, 2.05) is 0 Å². The highest BCUT2D eigenvalue weighted by molar-refractivity contribution is 7.92. The van der Waals surface area contributed by atoms with Crippen molar-refractivity contribution in [1.82, 2.24) is 0 Å². The van der Waals surface area contributed by atoms with Crippen molar-refractivity contribution >= 4 is 21.2 Å². The fourth-order valence-electron chi connectivity index (χ4n) is 3.70. The van der Waals surface area contributed by atoms with Crippen LogP contribution in [0.1, 0.15) is 25.3 Å². The lowest BCUT2D eigenvalue weighted by molar-refractivity contribution is -0.138. The highest BCUT2D eigenvalue weighted by Gasteiger charge is 2.45. The largest absolute Gasteiger partial charge is 0.496 e. The number of hydrogen-bond donors (Lipinski definition) is 0. The smallest absolute Gasteiger partial charge is 0.420 e. The lowest BCUT2D eigenvalue weighted by atomic mass is 10.00. The molecule has 1 aliphatic rings. The van der Waals surface area contributed by atoms with Crippen molar-refractivity contribution in [2.75, 3.05) is 18.6 Å². The number of nitrogens with zero attached hydrogens (tertiary/aromatic N) is 1. The van der Waals surface area contributed by atoms with Crippen molar-refractivity contribution in [2.45, 2.75) is 42.3 Å². The number of sulfone groups is 1. The summed E-state index contributed by atoms with van der Waals surface area (Å²) >= 11 is 0. The minimum Gasteiger partial charge on any atom is -0.496 e. The van der Waals surface area contributed by atoms with E-state index < -0.39 is 80.5 Å². The summed E-state index contributed by atoms with van der Waals surface area (Å²) in [5, 5.41) is 0. The molecular formula is C21H20F7NO3S. The van der Waals surface area contributed by atoms with E-state index in [-0.39, 0.29) is 5.69 Å². The van der Waals surface area contributed by atoms with E-state index in [1.54, 1.807) is 0 Å². The lowest BCUT2D eigenvalue weighted by Gasteiger charge is -2.29. The van der Waals surface area contributed by atoms with Gasteiger partial charge >= 0.3 is 6.18 Å². The summed E-state index contributed by atoms with van der Waals surface area (Å²) in [4.78, 5) is 0.286. The van der Waals surface area contributed by atoms with Gasteiger partial charge in [0.05, 0.1) is 23.3 Å². The quantitative estimate of drug-likeness (QED) is 0.465. The van der Waals surface area contributed by atoms with Gasteiger partial charge in [0, 0.05) is 30.6 Å². The molecule has 0 amide bonds. The van der Waals surface area contributed by atoms with E-state index in [4.69, 9.17) is 4.74 Å². The molecule has 2 atom stereocenters. The van der Waals surface area contributed by atoms with Gasteiger partial charge in [0.15, 0.2) is 0 Å². The molecule has 0 saturated carbocycles. The van der Waals surface area contributed by atoms with Crippen molar-refractivity contribution in [3.05, 3.63) is 47.8 Å². The molecule has 0 spiro atoms. The number of rotatable bonds is 5. The summed E-state index contributed by atoms with van der Waals surface area (Å²) in [5.41, 5.74) is -4.41. The fourth-order valence-corrected chi connectivity index (χ4v) is 5.40. The predicted molar refractivity (Wildman–Crippen MR) is 107 cm³/mol. The number of benzene rings is 2. The molecule has 0 saturated heterocycles. The molecule has 0 aliphatic carbocycles. The Labute approximate surface area is 185 Å². The zero-order chi connectivity index (χ0) is 24.8. The van der Waals surface area contributed by atoms with E-state index in [9.17, 15) is 34.8 Å². The SMILES string of the molecule is COc1cc2c(cc1C(F)(F)F)N(c1ccc(F)cc1)CC(CCC(C)(F)F)C(F)S2(=O)=O. The van der Waals surface area contributed by atoms with Gasteiger partial charge in [0.25, 0.3) is 0 Å². The van der Waals surface area contributed by atoms with Crippen molar-refractivity contribution in [1.29, 1.82) is 0 Å². The Morgan fingerprint density at radius 2 is 1.70 bits per heavy atom. The molecule has 12 heteroatoms. The monoisotopic (exact) mass is 499 g/mol. The minimum atomic E-state index is -4.94. The Morgan fingerprint density at radius 3 is 2.21 bits per heavy atom. The number of methoxy groups -OCH3 is 1. The number of hydrogen-bond acceptors (Lipinski definition) is 4. The Morgan fingerprint density at radius 1 is 1.09 bits per heavy atom. The molecule has 0 aromatic heterocycles. The van der Waals surface area contributed by atoms with Gasteiger partial charge < -0.3 is 9.64 Å². The van der Waals surface area contributed by atoms with Gasteiger partial charge in [-0.05, 0) is 43.7 Å². The maximum absolute atomic E-state index is 15.3. The van der Waals surface area contributed by atoms with Crippen LogP contribution in [0.25, 0.3) is 0 Å². The third-order valence-corrected chi connectivity index (χ3v) is 7.28. The molecule has 1 aliphatic heterocycles. The van der Waals surface area contributed by atoms with Crippen molar-refractivity contribution in [3.8, 4) is 5.75 Å². The van der Waals surface area contributed by atoms with Crippen LogP contribution in [-0.2, 0) is 16.0 Å². The van der Waals surface area contributed by atoms with E-state index in [2.05, 4.69) is 0 Å². The summed E-state index contributed by atoms with van der Waals surface area (Å²) in [7, 11) is -3.99. The molecular weight excluding hydrogens is 479 g/mol. The van der Waals surface area contributed by atoms with Crippen LogP contribution in [0, 0.1) is 11.7 Å². The first-order valence-corrected chi connectivity index (χ1v) is 11.3. The lowest BCUT2D eigenvalue weighted by Crippen LogP contribution is -2.32. The zero-order valence-electron chi connectivity index (χ0n) is 17.5. The summed E-state index contributed by atoms with van der Waals surface area (Å²) < 4.78 is 127. The summed E-state index contributed by atoms with van der Waals surface area (Å²) in [6.07, 6.45) is -6.33. The second-order valence-electron chi connectivity index (χ2n) is 7.87. The van der Waals surface area contributed by atoms with Gasteiger partial charge in [-0.25, -0.2) is 26.0 Å². The summed E-state index contributed by atoms with van der Waals surface area (Å²) in [5.74, 6) is -6.22. The number of alkyl halides is 6. The van der Waals surface area contributed by atoms with Gasteiger partial charge in [-0.2, -0.15) is 13.2 Å². The molecule has 0 radical (unpaired) electrons. The number of halogens is 7. The third kappa shape index (κ3) is 5.20. The van der Waals surface area contributed by atoms with Crippen LogP contribution >= 0.6 is 0 Å². The average molecular weight is 499 g/mol. The maximum Gasteiger partial charge on any atom is 0.420 e. The Bertz CT molecular complexity index is 1110. The van der Waals surface area contributed by atoms with Crippen molar-refractivity contribution < 1.29 is 43.9 Å². The normalized spacial score (nSPS) is 20.8. The van der Waals surface area contributed by atoms with Crippen LogP contribution in [0.15, 0.2) is 41.3 Å². The van der Waals surface area contributed by atoms with E-state index >= 15 is 4.39 Å². The van der Waals surface area contributed by atoms with Gasteiger partial charge in [-0.3, -0.25) is 0 Å². The highest BCUT2D eigenvalue weighted by Crippen LogP contribution is 2.47. The van der Waals surface area contributed by atoms with Crippen molar-refractivity contribution in [3.63, 3.8) is 0 Å². The topological polar surface area (TPSA) is 46.6 Å². The van der Waals surface area contributed by atoms with Gasteiger partial charge in [0.1, 0.15) is 11.6 Å². The molecule has 1 heterocycles. The van der Waals surface area contributed by atoms with Crippen LogP contribution in [0.3, 0.4) is 0 Å². The van der Waals surface area contributed by atoms with Crippen LogP contribution in [0.2, 0.25) is 0 Å². The standard InChI is InChI=1S/C21H20F7NO3S/c1-20(24,25)8-7-12-11-29(14-5-3-13(22)4-6-14)16-9-15(21(26,27)28)17(32-2)10-18(16)33(30,31)19(12)23/h3-6,9-10,12,19H,7-8,11H2,1-2H3. The average Bonchev–Trinajstić information content (AvgIpc) is 2.79. The van der Waals surface area contributed by atoms with Crippen LogP contribution in [-0.4, -0.2) is 33.5 Å². The van der Waals surface area contributed by atoms with E-state index in [0.717, 1.165) is 24.1 Å². The van der Waals surface area contributed by atoms with E-state index in [1.165, 1.54) is 12.1 Å². The molecule has 0 bridgehead atoms. The van der Waals surface area contributed by atoms with Gasteiger partial charge in [-0.15, -0.1) is 0 Å². The number of anilines is 2. The Balaban J connectivity index is 2.27. The molecule has 2 aromatic carbocycles. The first kappa shape index (κ1) is 25.1. The minimum absolute atomic E-state index is 0.0634. The molecule has 0 fully saturated rings. The van der Waals surface area contributed by atoms with Crippen LogP contribution in [0.5, 0.6) is 5.75 Å². The molecule has 2 unspecified atom stereocenters. The fraction of sp³-hybridized carbons (Fsp3) is 0.429. The highest BCUT2D eigenvalue weighted by atomic mass is 32.2. The molecule has 33 heavy (non-hydrogen) atoms. The van der Waals surface area contributed by atoms with Crippen molar-refractivity contribution in [2.24, 2.45) is 5.92 Å². The van der Waals surface area contributed by atoms with Gasteiger partial charge in [0.2, 0.25) is 21.3 Å². The third-order valence-electron chi connectivity index (χ3n) is 5.36. The summed E-state index contributed by atoms with van der Waals surface area (Å²) in [6.45, 7) is 0.0666. The first-order valence-electron chi connectivity index (χ1n) is 9.73. The van der Waals surface area contributed by atoms with Crippen LogP contribution < -0.4 is 9.64 Å². The Hall–Kier alpha value is -2.50. The molecule has 182 valence electrons. The molecule has 3 rings (SSSR count). The number of ether oxygens (including phenoxy) is 1. The van der Waals surface area contributed by atoms with E-state index in [0.29, 0.717) is 19.1 Å². The Kier molecular flexibility index (Phi) is 6.62. The summed E-state index contributed by atoms with van der Waals surface area (Å²) in [6, 6.07) is 5.42. The van der Waals surface area contributed by atoms with Crippen LogP contribution in [0.4, 0.5) is 42.1 Å². The number of fused-ring (bicyclic) bond motifs is 1.